The van der Waals surface area contributed by atoms with Gasteiger partial charge in [-0.3, -0.25) is 14.4 Å². The largest absolute Gasteiger partial charge is 0.465 e. The number of benzene rings is 2. The highest BCUT2D eigenvalue weighted by molar-refractivity contribution is 6.19. The molecule has 0 heterocycles. The maximum absolute atomic E-state index is 12.5. The standard InChI is InChI=1S/C18H19NO5/c1-3-23-17(21)15(18(22)24-4-2)16(20)19-14-11-7-9-12-8-5-6-10-13(12)14/h5-11,15H,3-4H2,1-2H3,(H,19,20). The Morgan fingerprint density at radius 3 is 2.12 bits per heavy atom. The number of nitrogens with one attached hydrogen (secondary N) is 1. The highest BCUT2D eigenvalue weighted by atomic mass is 16.6. The van der Waals surface area contributed by atoms with E-state index >= 15 is 0 Å². The highest BCUT2D eigenvalue weighted by Crippen LogP contribution is 2.23. The number of rotatable bonds is 6. The third-order valence-corrected chi connectivity index (χ3v) is 3.35. The first kappa shape index (κ1) is 17.5. The second-order valence-electron chi connectivity index (χ2n) is 4.95. The summed E-state index contributed by atoms with van der Waals surface area (Å²) in [4.78, 5) is 36.4. The molecule has 0 aromatic heterocycles. The van der Waals surface area contributed by atoms with E-state index in [1.807, 2.05) is 30.3 Å². The number of hydrogen-bond acceptors (Lipinski definition) is 5. The zero-order chi connectivity index (χ0) is 17.5. The first-order chi connectivity index (χ1) is 11.6. The second kappa shape index (κ2) is 8.10. The van der Waals surface area contributed by atoms with Gasteiger partial charge in [0.25, 0.3) is 0 Å². The molecule has 0 saturated heterocycles. The van der Waals surface area contributed by atoms with Gasteiger partial charge >= 0.3 is 11.9 Å². The third-order valence-electron chi connectivity index (χ3n) is 3.35. The smallest absolute Gasteiger partial charge is 0.330 e. The summed E-state index contributed by atoms with van der Waals surface area (Å²) >= 11 is 0. The van der Waals surface area contributed by atoms with E-state index in [9.17, 15) is 14.4 Å². The van der Waals surface area contributed by atoms with Gasteiger partial charge in [0.2, 0.25) is 11.8 Å². The van der Waals surface area contributed by atoms with E-state index in [1.54, 1.807) is 26.0 Å². The summed E-state index contributed by atoms with van der Waals surface area (Å²) in [5, 5.41) is 4.36. The Morgan fingerprint density at radius 1 is 0.917 bits per heavy atom. The quantitative estimate of drug-likeness (QED) is 0.650. The fourth-order valence-corrected chi connectivity index (χ4v) is 2.30. The minimum Gasteiger partial charge on any atom is -0.465 e. The predicted octanol–water partition coefficient (Wildman–Crippen LogP) is 2.52. The topological polar surface area (TPSA) is 81.7 Å². The molecule has 24 heavy (non-hydrogen) atoms. The van der Waals surface area contributed by atoms with Crippen LogP contribution in [0.1, 0.15) is 13.8 Å². The molecule has 0 radical (unpaired) electrons. The monoisotopic (exact) mass is 329 g/mol. The second-order valence-corrected chi connectivity index (χ2v) is 4.95. The van der Waals surface area contributed by atoms with E-state index in [1.165, 1.54) is 0 Å². The number of carbonyl (C=O) groups excluding carboxylic acids is 3. The zero-order valence-electron chi connectivity index (χ0n) is 13.6. The van der Waals surface area contributed by atoms with Crippen molar-refractivity contribution in [1.82, 2.24) is 0 Å². The Morgan fingerprint density at radius 2 is 1.50 bits per heavy atom. The lowest BCUT2D eigenvalue weighted by atomic mass is 10.1. The molecule has 0 bridgehead atoms. The van der Waals surface area contributed by atoms with E-state index in [0.29, 0.717) is 5.69 Å². The first-order valence-electron chi connectivity index (χ1n) is 7.70. The van der Waals surface area contributed by atoms with E-state index in [2.05, 4.69) is 5.32 Å². The molecule has 0 aliphatic heterocycles. The maximum atomic E-state index is 12.5. The minimum atomic E-state index is -1.65. The van der Waals surface area contributed by atoms with Crippen LogP contribution in [0, 0.1) is 5.92 Å². The van der Waals surface area contributed by atoms with Crippen LogP contribution in [0.3, 0.4) is 0 Å². The van der Waals surface area contributed by atoms with Crippen LogP contribution in [-0.4, -0.2) is 31.1 Å². The van der Waals surface area contributed by atoms with Gasteiger partial charge in [0.05, 0.1) is 13.2 Å². The lowest BCUT2D eigenvalue weighted by Crippen LogP contribution is -2.38. The third kappa shape index (κ3) is 3.90. The normalized spacial score (nSPS) is 10.5. The predicted molar refractivity (Wildman–Crippen MR) is 89.3 cm³/mol. The first-order valence-corrected chi connectivity index (χ1v) is 7.70. The molecule has 0 unspecified atom stereocenters. The average Bonchev–Trinajstić information content (AvgIpc) is 2.56. The number of fused-ring (bicyclic) bond motifs is 1. The van der Waals surface area contributed by atoms with Gasteiger partial charge in [-0.15, -0.1) is 0 Å². The number of ether oxygens (including phenoxy) is 2. The molecule has 1 N–H and O–H groups in total. The summed E-state index contributed by atoms with van der Waals surface area (Å²) in [7, 11) is 0. The average molecular weight is 329 g/mol. The van der Waals surface area contributed by atoms with Crippen LogP contribution in [0.4, 0.5) is 5.69 Å². The molecule has 1 amide bonds. The minimum absolute atomic E-state index is 0.0658. The van der Waals surface area contributed by atoms with Crippen LogP contribution in [0.2, 0.25) is 0 Å². The Labute approximate surface area is 139 Å². The fraction of sp³-hybridized carbons (Fsp3) is 0.278. The molecule has 0 atom stereocenters. The molecule has 0 saturated carbocycles. The van der Waals surface area contributed by atoms with Gasteiger partial charge in [0, 0.05) is 11.1 Å². The van der Waals surface area contributed by atoms with Crippen LogP contribution in [-0.2, 0) is 23.9 Å². The molecule has 6 nitrogen and oxygen atoms in total. The molecule has 2 aromatic rings. The van der Waals surface area contributed by atoms with Crippen molar-refractivity contribution in [2.24, 2.45) is 5.92 Å². The van der Waals surface area contributed by atoms with Crippen molar-refractivity contribution in [3.8, 4) is 0 Å². The van der Waals surface area contributed by atoms with Crippen LogP contribution < -0.4 is 5.32 Å². The molecular weight excluding hydrogens is 310 g/mol. The molecule has 6 heteroatoms. The zero-order valence-corrected chi connectivity index (χ0v) is 13.6. The molecule has 0 fully saturated rings. The van der Waals surface area contributed by atoms with Gasteiger partial charge in [-0.2, -0.15) is 0 Å². The summed E-state index contributed by atoms with van der Waals surface area (Å²) in [5.41, 5.74) is 0.511. The van der Waals surface area contributed by atoms with Crippen LogP contribution in [0.5, 0.6) is 0 Å². The maximum Gasteiger partial charge on any atom is 0.330 e. The molecular formula is C18H19NO5. The lowest BCUT2D eigenvalue weighted by Gasteiger charge is -2.15. The number of carbonyl (C=O) groups is 3. The molecule has 2 aromatic carbocycles. The van der Waals surface area contributed by atoms with Crippen molar-refractivity contribution in [2.75, 3.05) is 18.5 Å². The number of anilines is 1. The van der Waals surface area contributed by atoms with E-state index < -0.39 is 23.8 Å². The van der Waals surface area contributed by atoms with Crippen molar-refractivity contribution >= 4 is 34.3 Å². The van der Waals surface area contributed by atoms with Crippen molar-refractivity contribution in [1.29, 1.82) is 0 Å². The SMILES string of the molecule is CCOC(=O)C(C(=O)Nc1cccc2ccccc12)C(=O)OCC. The number of hydrogen-bond donors (Lipinski definition) is 1. The van der Waals surface area contributed by atoms with Gasteiger partial charge in [0.15, 0.2) is 0 Å². The van der Waals surface area contributed by atoms with Crippen LogP contribution in [0.25, 0.3) is 10.8 Å². The van der Waals surface area contributed by atoms with Crippen molar-refractivity contribution in [3.05, 3.63) is 42.5 Å². The van der Waals surface area contributed by atoms with Gasteiger partial charge < -0.3 is 14.8 Å². The van der Waals surface area contributed by atoms with Crippen LogP contribution in [0.15, 0.2) is 42.5 Å². The van der Waals surface area contributed by atoms with E-state index in [-0.39, 0.29) is 13.2 Å². The fourth-order valence-electron chi connectivity index (χ4n) is 2.30. The molecule has 0 spiro atoms. The van der Waals surface area contributed by atoms with Crippen molar-refractivity contribution in [3.63, 3.8) is 0 Å². The Hall–Kier alpha value is -2.89. The highest BCUT2D eigenvalue weighted by Gasteiger charge is 2.37. The summed E-state index contributed by atoms with van der Waals surface area (Å²) in [6.07, 6.45) is 0. The molecule has 2 rings (SSSR count). The lowest BCUT2D eigenvalue weighted by molar-refractivity contribution is -0.163. The Bertz CT molecular complexity index is 733. The Kier molecular flexibility index (Phi) is 5.89. The number of amides is 1. The molecule has 0 aliphatic rings. The van der Waals surface area contributed by atoms with E-state index in [4.69, 9.17) is 9.47 Å². The number of esters is 2. The molecule has 126 valence electrons. The summed E-state index contributed by atoms with van der Waals surface area (Å²) in [5.74, 6) is -4.27. The van der Waals surface area contributed by atoms with Crippen molar-refractivity contribution in [2.45, 2.75) is 13.8 Å². The summed E-state index contributed by atoms with van der Waals surface area (Å²) in [6.45, 7) is 3.33. The van der Waals surface area contributed by atoms with E-state index in [0.717, 1.165) is 10.8 Å². The summed E-state index contributed by atoms with van der Waals surface area (Å²) < 4.78 is 9.63. The summed E-state index contributed by atoms with van der Waals surface area (Å²) in [6, 6.07) is 12.8. The van der Waals surface area contributed by atoms with Gasteiger partial charge in [-0.25, -0.2) is 0 Å². The Balaban J connectivity index is 2.29. The van der Waals surface area contributed by atoms with Crippen molar-refractivity contribution < 1.29 is 23.9 Å². The molecule has 0 aliphatic carbocycles. The van der Waals surface area contributed by atoms with Crippen LogP contribution >= 0.6 is 0 Å². The van der Waals surface area contributed by atoms with Gasteiger partial charge in [-0.1, -0.05) is 36.4 Å². The van der Waals surface area contributed by atoms with Gasteiger partial charge in [-0.05, 0) is 25.3 Å². The van der Waals surface area contributed by atoms with Gasteiger partial charge in [0.1, 0.15) is 0 Å².